The van der Waals surface area contributed by atoms with Crippen molar-refractivity contribution >= 4 is 59.3 Å². The lowest BCUT2D eigenvalue weighted by molar-refractivity contribution is -0.145. The summed E-state index contributed by atoms with van der Waals surface area (Å²) in [5, 5.41) is 68.9. The van der Waals surface area contributed by atoms with Crippen molar-refractivity contribution in [3.63, 3.8) is 0 Å². The van der Waals surface area contributed by atoms with Gasteiger partial charge in [-0.2, -0.15) is 0 Å². The van der Waals surface area contributed by atoms with Crippen molar-refractivity contribution in [2.75, 3.05) is 6.61 Å². The number of aliphatic carboxylic acids is 4. The van der Waals surface area contributed by atoms with Crippen LogP contribution in [0.3, 0.4) is 0 Å². The minimum Gasteiger partial charge on any atom is -0.481 e. The maximum absolute atomic E-state index is 13.1. The van der Waals surface area contributed by atoms with Gasteiger partial charge in [-0.25, -0.2) is 4.79 Å². The lowest BCUT2D eigenvalue weighted by Gasteiger charge is -2.27. The summed E-state index contributed by atoms with van der Waals surface area (Å²) in [5.74, 6) is -13.3. The van der Waals surface area contributed by atoms with Crippen molar-refractivity contribution in [2.45, 2.75) is 115 Å². The molecule has 0 aliphatic heterocycles. The Hall–Kier alpha value is -5.42. The SMILES string of the molecule is CCC(C)C(NC(=O)C(N)C(C)O)C(=O)NC(C)C(=O)NC(CO)C(=O)NC(CC(=O)O)C(=O)NC(CCC(=O)O)C(=O)NC(CCC(=O)O)C(=O)O. The highest BCUT2D eigenvalue weighted by Crippen LogP contribution is 2.10. The van der Waals surface area contributed by atoms with E-state index in [9.17, 15) is 68.4 Å². The Balaban J connectivity index is 5.90. The summed E-state index contributed by atoms with van der Waals surface area (Å²) in [5.41, 5.74) is 5.63. The molecule has 0 aliphatic rings. The van der Waals surface area contributed by atoms with Crippen LogP contribution in [0.25, 0.3) is 0 Å². The van der Waals surface area contributed by atoms with Crippen LogP contribution in [0.15, 0.2) is 0 Å². The Bertz CT molecular complexity index is 1360. The van der Waals surface area contributed by atoms with Crippen LogP contribution >= 0.6 is 0 Å². The minimum atomic E-state index is -2.02. The van der Waals surface area contributed by atoms with Crippen LogP contribution in [0.4, 0.5) is 0 Å². The molecule has 9 atom stereocenters. The molecule has 14 N–H and O–H groups in total. The average molecular weight is 764 g/mol. The van der Waals surface area contributed by atoms with Crippen molar-refractivity contribution in [2.24, 2.45) is 11.7 Å². The number of rotatable bonds is 25. The Morgan fingerprint density at radius 1 is 0.566 bits per heavy atom. The van der Waals surface area contributed by atoms with Crippen LogP contribution < -0.4 is 37.6 Å². The van der Waals surface area contributed by atoms with Gasteiger partial charge in [0.15, 0.2) is 0 Å². The van der Waals surface area contributed by atoms with Crippen LogP contribution in [-0.4, -0.2) is 145 Å². The summed E-state index contributed by atoms with van der Waals surface area (Å²) in [6.07, 6.45) is -4.66. The number of carbonyl (C=O) groups is 10. The first-order valence-electron chi connectivity index (χ1n) is 16.3. The zero-order chi connectivity index (χ0) is 41.2. The Labute approximate surface area is 302 Å². The van der Waals surface area contributed by atoms with E-state index in [1.54, 1.807) is 13.8 Å². The summed E-state index contributed by atoms with van der Waals surface area (Å²) < 4.78 is 0. The molecule has 0 spiro atoms. The molecule has 53 heavy (non-hydrogen) atoms. The van der Waals surface area contributed by atoms with Gasteiger partial charge in [-0.05, 0) is 32.6 Å². The number of carboxylic acid groups (broad SMARTS) is 4. The van der Waals surface area contributed by atoms with E-state index in [1.807, 2.05) is 16.0 Å². The number of aliphatic hydroxyl groups is 2. The zero-order valence-corrected chi connectivity index (χ0v) is 29.5. The second-order valence-electron chi connectivity index (χ2n) is 12.1. The number of carbonyl (C=O) groups excluding carboxylic acids is 6. The molecule has 300 valence electrons. The molecule has 9 unspecified atom stereocenters. The number of nitrogens with two attached hydrogens (primary N) is 1. The zero-order valence-electron chi connectivity index (χ0n) is 29.5. The van der Waals surface area contributed by atoms with E-state index in [1.165, 1.54) is 13.8 Å². The molecule has 0 aromatic heterocycles. The van der Waals surface area contributed by atoms with E-state index in [0.29, 0.717) is 6.42 Å². The highest BCUT2D eigenvalue weighted by molar-refractivity contribution is 5.98. The predicted molar refractivity (Wildman–Crippen MR) is 177 cm³/mol. The summed E-state index contributed by atoms with van der Waals surface area (Å²) in [6, 6.07) is -11.4. The summed E-state index contributed by atoms with van der Waals surface area (Å²) in [7, 11) is 0. The molecule has 23 nitrogen and oxygen atoms in total. The maximum Gasteiger partial charge on any atom is 0.326 e. The van der Waals surface area contributed by atoms with E-state index >= 15 is 0 Å². The summed E-state index contributed by atoms with van der Waals surface area (Å²) >= 11 is 0. The average Bonchev–Trinajstić information content (AvgIpc) is 3.07. The number of aliphatic hydroxyl groups excluding tert-OH is 2. The largest absolute Gasteiger partial charge is 0.481 e. The molecular formula is C30H49N7O16. The monoisotopic (exact) mass is 763 g/mol. The van der Waals surface area contributed by atoms with Gasteiger partial charge < -0.3 is 68.3 Å². The minimum absolute atomic E-state index is 0.390. The number of nitrogens with one attached hydrogen (secondary N) is 6. The van der Waals surface area contributed by atoms with Crippen molar-refractivity contribution in [1.82, 2.24) is 31.9 Å². The summed E-state index contributed by atoms with van der Waals surface area (Å²) in [6.45, 7) is 4.68. The Morgan fingerprint density at radius 3 is 1.47 bits per heavy atom. The smallest absolute Gasteiger partial charge is 0.326 e. The third-order valence-electron chi connectivity index (χ3n) is 7.74. The van der Waals surface area contributed by atoms with Crippen molar-refractivity contribution < 1.29 is 78.6 Å². The van der Waals surface area contributed by atoms with Gasteiger partial charge in [0.1, 0.15) is 42.3 Å². The summed E-state index contributed by atoms with van der Waals surface area (Å²) in [4.78, 5) is 122. The molecule has 0 rings (SSSR count). The van der Waals surface area contributed by atoms with Gasteiger partial charge >= 0.3 is 23.9 Å². The van der Waals surface area contributed by atoms with Gasteiger partial charge in [-0.3, -0.25) is 43.2 Å². The fraction of sp³-hybridized carbons (Fsp3) is 0.667. The lowest BCUT2D eigenvalue weighted by atomic mass is 9.97. The van der Waals surface area contributed by atoms with Gasteiger partial charge in [-0.15, -0.1) is 0 Å². The second kappa shape index (κ2) is 23.2. The first kappa shape index (κ1) is 47.6. The van der Waals surface area contributed by atoms with Crippen molar-refractivity contribution in [1.29, 1.82) is 0 Å². The highest BCUT2D eigenvalue weighted by atomic mass is 16.4. The molecule has 0 heterocycles. The molecule has 23 heteroatoms. The van der Waals surface area contributed by atoms with E-state index in [-0.39, 0.29) is 0 Å². The fourth-order valence-corrected chi connectivity index (χ4v) is 4.29. The van der Waals surface area contributed by atoms with Crippen LogP contribution in [0, 0.1) is 5.92 Å². The van der Waals surface area contributed by atoms with Crippen molar-refractivity contribution in [3.8, 4) is 0 Å². The van der Waals surface area contributed by atoms with Gasteiger partial charge in [0.25, 0.3) is 0 Å². The number of amides is 6. The first-order valence-corrected chi connectivity index (χ1v) is 16.3. The number of hydrogen-bond donors (Lipinski definition) is 13. The maximum atomic E-state index is 13.1. The third-order valence-corrected chi connectivity index (χ3v) is 7.74. The van der Waals surface area contributed by atoms with Gasteiger partial charge in [0, 0.05) is 12.8 Å². The standard InChI is InChI=1S/C30H49N7O16/c1-5-12(2)23(37-28(50)22(31)14(4)39)29(51)32-13(3)24(46)36-18(11-38)27(49)35-17(10-21(44)45)26(48)33-15(6-8-19(40)41)25(47)34-16(30(52)53)7-9-20(42)43/h12-18,22-23,38-39H,5-11,31H2,1-4H3,(H,32,51)(H,33,48)(H,34,47)(H,35,49)(H,36,46)(H,37,50)(H,40,41)(H,42,43)(H,44,45)(H,52,53). The van der Waals surface area contributed by atoms with E-state index < -0.39 is 152 Å². The quantitative estimate of drug-likeness (QED) is 0.0414. The van der Waals surface area contributed by atoms with Gasteiger partial charge in [0.05, 0.1) is 19.1 Å². The van der Waals surface area contributed by atoms with Crippen LogP contribution in [0.1, 0.15) is 66.2 Å². The topological polar surface area (TPSA) is 390 Å². The molecule has 0 saturated heterocycles. The van der Waals surface area contributed by atoms with Crippen molar-refractivity contribution in [3.05, 3.63) is 0 Å². The first-order chi connectivity index (χ1) is 24.5. The van der Waals surface area contributed by atoms with Gasteiger partial charge in [0.2, 0.25) is 35.4 Å². The molecule has 0 aliphatic carbocycles. The van der Waals surface area contributed by atoms with Gasteiger partial charge in [-0.1, -0.05) is 20.3 Å². The molecule has 0 bridgehead atoms. The number of carboxylic acids is 4. The van der Waals surface area contributed by atoms with E-state index in [0.717, 1.165) is 0 Å². The van der Waals surface area contributed by atoms with E-state index in [4.69, 9.17) is 15.9 Å². The second-order valence-corrected chi connectivity index (χ2v) is 12.1. The Morgan fingerprint density at radius 2 is 1.02 bits per heavy atom. The van der Waals surface area contributed by atoms with Crippen LogP contribution in [-0.2, 0) is 47.9 Å². The normalized spacial score (nSPS) is 16.0. The number of hydrogen-bond acceptors (Lipinski definition) is 13. The van der Waals surface area contributed by atoms with Crippen LogP contribution in [0.2, 0.25) is 0 Å². The molecule has 0 aromatic rings. The lowest BCUT2D eigenvalue weighted by Crippen LogP contribution is -2.61. The van der Waals surface area contributed by atoms with E-state index in [2.05, 4.69) is 16.0 Å². The molecule has 6 amide bonds. The van der Waals surface area contributed by atoms with Crippen LogP contribution in [0.5, 0.6) is 0 Å². The molecular weight excluding hydrogens is 714 g/mol. The fourth-order valence-electron chi connectivity index (χ4n) is 4.29. The Kier molecular flexibility index (Phi) is 20.8. The highest BCUT2D eigenvalue weighted by Gasteiger charge is 2.34. The third kappa shape index (κ3) is 17.6. The predicted octanol–water partition coefficient (Wildman–Crippen LogP) is -5.05. The molecule has 0 radical (unpaired) electrons. The molecule has 0 aromatic carbocycles. The molecule has 0 fully saturated rings. The molecule has 0 saturated carbocycles.